The molecule has 0 aliphatic heterocycles. The predicted molar refractivity (Wildman–Crippen MR) is 64.3 cm³/mol. The Bertz CT molecular complexity index is 139. The van der Waals surface area contributed by atoms with Gasteiger partial charge in [-0.2, -0.15) is 0 Å². The zero-order chi connectivity index (χ0) is 10.6. The summed E-state index contributed by atoms with van der Waals surface area (Å²) in [4.78, 5) is 10.8. The second-order valence-corrected chi connectivity index (χ2v) is 4.14. The molecule has 0 atom stereocenters. The lowest BCUT2D eigenvalue weighted by Gasteiger charge is -2.00. The molecule has 14 heavy (non-hydrogen) atoms. The Morgan fingerprint density at radius 1 is 1.00 bits per heavy atom. The second kappa shape index (κ2) is 11.0. The van der Waals surface area contributed by atoms with E-state index in [0.717, 1.165) is 6.42 Å². The Morgan fingerprint density at radius 3 is 2.00 bits per heavy atom. The van der Waals surface area contributed by atoms with Crippen LogP contribution >= 0.6 is 16.1 Å². The van der Waals surface area contributed by atoms with Gasteiger partial charge in [-0.25, -0.2) is 0 Å². The van der Waals surface area contributed by atoms with Crippen molar-refractivity contribution in [1.82, 2.24) is 4.34 Å². The van der Waals surface area contributed by atoms with Gasteiger partial charge in [0.05, 0.1) is 0 Å². The average molecular weight is 264 g/mol. The maximum atomic E-state index is 10.8. The van der Waals surface area contributed by atoms with Gasteiger partial charge in [0.2, 0.25) is 5.91 Å². The van der Waals surface area contributed by atoms with Gasteiger partial charge in [-0.15, -0.1) is 0 Å². The van der Waals surface area contributed by atoms with Crippen LogP contribution in [0.2, 0.25) is 0 Å². The summed E-state index contributed by atoms with van der Waals surface area (Å²) in [5, 5.41) is 0. The lowest BCUT2D eigenvalue weighted by Crippen LogP contribution is -2.10. The van der Waals surface area contributed by atoms with Crippen molar-refractivity contribution in [3.63, 3.8) is 0 Å². The fraction of sp³-hybridized carbons (Fsp3) is 0.909. The summed E-state index contributed by atoms with van der Waals surface area (Å²) in [6.07, 6.45) is 10.9. The van der Waals surface area contributed by atoms with Gasteiger partial charge < -0.3 is 0 Å². The predicted octanol–water partition coefficient (Wildman–Crippen LogP) is 3.94. The molecule has 0 aliphatic carbocycles. The van der Waals surface area contributed by atoms with Crippen molar-refractivity contribution in [1.29, 1.82) is 0 Å². The summed E-state index contributed by atoms with van der Waals surface area (Å²) in [5.41, 5.74) is 0. The number of nitrogens with one attached hydrogen (secondary N) is 1. The molecular formula is C11H22BrNO. The molecule has 0 heterocycles. The van der Waals surface area contributed by atoms with Crippen molar-refractivity contribution < 1.29 is 4.79 Å². The number of rotatable bonds is 9. The van der Waals surface area contributed by atoms with E-state index in [1.165, 1.54) is 44.9 Å². The van der Waals surface area contributed by atoms with Crippen LogP contribution in [0.25, 0.3) is 0 Å². The molecule has 1 N–H and O–H groups in total. The van der Waals surface area contributed by atoms with Crippen LogP contribution in [0.5, 0.6) is 0 Å². The van der Waals surface area contributed by atoms with Crippen LogP contribution in [0.3, 0.4) is 0 Å². The smallest absolute Gasteiger partial charge is 0.229 e. The highest BCUT2D eigenvalue weighted by Gasteiger charge is 1.97. The third-order valence-corrected chi connectivity index (χ3v) is 2.81. The molecule has 0 bridgehead atoms. The molecule has 1 amide bonds. The summed E-state index contributed by atoms with van der Waals surface area (Å²) >= 11 is 2.93. The number of amides is 1. The maximum Gasteiger partial charge on any atom is 0.229 e. The molecule has 0 radical (unpaired) electrons. The molecule has 0 fully saturated rings. The molecule has 0 aromatic carbocycles. The van der Waals surface area contributed by atoms with E-state index in [-0.39, 0.29) is 5.91 Å². The summed E-state index contributed by atoms with van der Waals surface area (Å²) in [7, 11) is 0. The second-order valence-electron chi connectivity index (χ2n) is 3.74. The molecule has 0 aromatic heterocycles. The number of carbonyl (C=O) groups is 1. The van der Waals surface area contributed by atoms with Crippen molar-refractivity contribution in [3.05, 3.63) is 0 Å². The summed E-state index contributed by atoms with van der Waals surface area (Å²) in [6.45, 7) is 2.24. The molecule has 0 aliphatic rings. The number of unbranched alkanes of at least 4 members (excludes halogenated alkanes) is 7. The highest BCUT2D eigenvalue weighted by Crippen LogP contribution is 2.09. The van der Waals surface area contributed by atoms with Gasteiger partial charge in [0.25, 0.3) is 0 Å². The van der Waals surface area contributed by atoms with Gasteiger partial charge >= 0.3 is 0 Å². The summed E-state index contributed by atoms with van der Waals surface area (Å²) in [6, 6.07) is 0. The molecular weight excluding hydrogens is 242 g/mol. The van der Waals surface area contributed by atoms with E-state index in [2.05, 4.69) is 27.4 Å². The van der Waals surface area contributed by atoms with E-state index >= 15 is 0 Å². The first-order chi connectivity index (χ1) is 6.81. The number of carbonyl (C=O) groups excluding carboxylic acids is 1. The van der Waals surface area contributed by atoms with E-state index in [9.17, 15) is 4.79 Å². The van der Waals surface area contributed by atoms with Gasteiger partial charge in [0.15, 0.2) is 0 Å². The molecule has 0 aromatic rings. The lowest BCUT2D eigenvalue weighted by atomic mass is 10.1. The average Bonchev–Trinajstić information content (AvgIpc) is 2.21. The Kier molecular flexibility index (Phi) is 11.0. The van der Waals surface area contributed by atoms with E-state index in [0.29, 0.717) is 6.42 Å². The monoisotopic (exact) mass is 263 g/mol. The van der Waals surface area contributed by atoms with Crippen molar-refractivity contribution >= 4 is 22.1 Å². The fourth-order valence-electron chi connectivity index (χ4n) is 1.47. The first-order valence-corrected chi connectivity index (χ1v) is 6.50. The molecule has 0 saturated carbocycles. The van der Waals surface area contributed by atoms with Gasteiger partial charge in [-0.05, 0) is 6.42 Å². The van der Waals surface area contributed by atoms with Crippen LogP contribution in [0.1, 0.15) is 64.7 Å². The van der Waals surface area contributed by atoms with Crippen LogP contribution in [-0.2, 0) is 4.79 Å². The highest BCUT2D eigenvalue weighted by molar-refractivity contribution is 9.08. The Morgan fingerprint density at radius 2 is 1.50 bits per heavy atom. The van der Waals surface area contributed by atoms with Crippen LogP contribution < -0.4 is 4.34 Å². The van der Waals surface area contributed by atoms with E-state index < -0.39 is 0 Å². The third-order valence-electron chi connectivity index (χ3n) is 2.36. The first-order valence-electron chi connectivity index (χ1n) is 5.70. The van der Waals surface area contributed by atoms with Crippen molar-refractivity contribution in [2.24, 2.45) is 0 Å². The standard InChI is InChI=1S/C11H22BrNO/c1-2-3-4-5-6-7-8-9-10-11(14)13-12/h2-10H2,1H3,(H,13,14). The fourth-order valence-corrected chi connectivity index (χ4v) is 1.66. The first kappa shape index (κ1) is 13.9. The van der Waals surface area contributed by atoms with Gasteiger partial charge in [0.1, 0.15) is 0 Å². The van der Waals surface area contributed by atoms with Crippen molar-refractivity contribution in [2.75, 3.05) is 0 Å². The normalized spacial score (nSPS) is 10.1. The van der Waals surface area contributed by atoms with Crippen LogP contribution in [0.15, 0.2) is 0 Å². The quantitative estimate of drug-likeness (QED) is 0.496. The van der Waals surface area contributed by atoms with Crippen molar-refractivity contribution in [3.8, 4) is 0 Å². The Balaban J connectivity index is 2.95. The minimum Gasteiger partial charge on any atom is -0.293 e. The topological polar surface area (TPSA) is 29.1 Å². The molecule has 0 rings (SSSR count). The van der Waals surface area contributed by atoms with E-state index in [1.807, 2.05) is 0 Å². The zero-order valence-corrected chi connectivity index (χ0v) is 10.7. The molecule has 0 spiro atoms. The van der Waals surface area contributed by atoms with Crippen molar-refractivity contribution in [2.45, 2.75) is 64.7 Å². The molecule has 0 saturated heterocycles. The number of halogens is 1. The molecule has 84 valence electrons. The van der Waals surface area contributed by atoms with E-state index in [4.69, 9.17) is 0 Å². The van der Waals surface area contributed by atoms with Gasteiger partial charge in [0, 0.05) is 22.6 Å². The number of hydrogen-bond donors (Lipinski definition) is 1. The number of hydrogen-bond acceptors (Lipinski definition) is 1. The highest BCUT2D eigenvalue weighted by atomic mass is 79.9. The van der Waals surface area contributed by atoms with Crippen LogP contribution in [0.4, 0.5) is 0 Å². The summed E-state index contributed by atoms with van der Waals surface area (Å²) in [5.74, 6) is 0.0935. The maximum absolute atomic E-state index is 10.8. The third kappa shape index (κ3) is 10.0. The Hall–Kier alpha value is -0.0500. The van der Waals surface area contributed by atoms with E-state index in [1.54, 1.807) is 0 Å². The largest absolute Gasteiger partial charge is 0.293 e. The summed E-state index contributed by atoms with van der Waals surface area (Å²) < 4.78 is 2.46. The zero-order valence-electron chi connectivity index (χ0n) is 9.15. The van der Waals surface area contributed by atoms with Gasteiger partial charge in [-0.3, -0.25) is 9.14 Å². The van der Waals surface area contributed by atoms with Crippen LogP contribution in [-0.4, -0.2) is 5.91 Å². The lowest BCUT2D eigenvalue weighted by molar-refractivity contribution is -0.119. The van der Waals surface area contributed by atoms with Crippen LogP contribution in [0, 0.1) is 0 Å². The minimum absolute atomic E-state index is 0.0935. The Labute approximate surface area is 96.2 Å². The van der Waals surface area contributed by atoms with Gasteiger partial charge in [-0.1, -0.05) is 51.9 Å². The molecule has 2 nitrogen and oxygen atoms in total. The minimum atomic E-state index is 0.0935. The SMILES string of the molecule is CCCCCCCCCCC(=O)NBr. The molecule has 0 unspecified atom stereocenters. The molecule has 3 heteroatoms.